The molecule has 0 saturated heterocycles. The quantitative estimate of drug-likeness (QED) is 0.167. The minimum atomic E-state index is -0.537. The van der Waals surface area contributed by atoms with Gasteiger partial charge in [-0.3, -0.25) is 19.9 Å². The van der Waals surface area contributed by atoms with E-state index < -0.39 is 17.6 Å². The molecule has 4 aromatic rings. The number of hydrogen-bond acceptors (Lipinski definition) is 4. The third-order valence-corrected chi connectivity index (χ3v) is 13.4. The van der Waals surface area contributed by atoms with Gasteiger partial charge in [0.05, 0.1) is 40.4 Å². The molecule has 0 spiro atoms. The number of pyridine rings is 4. The van der Waals surface area contributed by atoms with E-state index in [0.29, 0.717) is 13.2 Å². The second-order valence-electron chi connectivity index (χ2n) is 10.9. The molecule has 0 atom stereocenters. The van der Waals surface area contributed by atoms with E-state index in [4.69, 9.17) is 0 Å². The van der Waals surface area contributed by atoms with Crippen molar-refractivity contribution < 1.29 is 13.2 Å². The number of aromatic nitrogens is 4. The molecule has 0 aliphatic heterocycles. The van der Waals surface area contributed by atoms with E-state index in [1.165, 1.54) is 10.4 Å². The molecule has 4 heterocycles. The Morgan fingerprint density at radius 2 is 0.805 bits per heavy atom. The van der Waals surface area contributed by atoms with Crippen molar-refractivity contribution in [1.29, 1.82) is 0 Å². The van der Waals surface area contributed by atoms with Crippen LogP contribution in [0.25, 0.3) is 22.8 Å². The van der Waals surface area contributed by atoms with Crippen molar-refractivity contribution in [2.45, 2.75) is 77.6 Å². The Morgan fingerprint density at radius 1 is 0.488 bits per heavy atom. The fraction of sp³-hybridized carbons (Fsp3) is 0.375. The zero-order chi connectivity index (χ0) is 30.4. The Hall–Kier alpha value is -1.38. The van der Waals surface area contributed by atoms with Gasteiger partial charge in [-0.1, -0.05) is 79.7 Å². The van der Waals surface area contributed by atoms with Crippen molar-refractivity contribution in [2.75, 3.05) is 0 Å². The van der Waals surface area contributed by atoms with Crippen molar-refractivity contribution in [3.05, 3.63) is 85.5 Å². The Kier molecular flexibility index (Phi) is 16.6. The van der Waals surface area contributed by atoms with E-state index in [9.17, 15) is 0 Å². The van der Waals surface area contributed by atoms with E-state index >= 15 is 0 Å². The van der Waals surface area contributed by atoms with Gasteiger partial charge in [-0.2, -0.15) is 0 Å². The first-order valence-electron chi connectivity index (χ1n) is 13.9. The van der Waals surface area contributed by atoms with Gasteiger partial charge in [-0.15, -0.1) is 0 Å². The van der Waals surface area contributed by atoms with E-state index in [1.807, 2.05) is 48.8 Å². The topological polar surface area (TPSA) is 51.6 Å². The zero-order valence-electron chi connectivity index (χ0n) is 25.3. The Labute approximate surface area is 272 Å². The molecule has 9 heteroatoms. The fourth-order valence-corrected chi connectivity index (χ4v) is 11.4. The van der Waals surface area contributed by atoms with Crippen LogP contribution in [0.2, 0.25) is 22.2 Å². The van der Waals surface area contributed by atoms with Crippen LogP contribution in [0.4, 0.5) is 0 Å². The van der Waals surface area contributed by atoms with Crippen molar-refractivity contribution in [3.63, 3.8) is 0 Å². The van der Waals surface area contributed by atoms with Gasteiger partial charge in [-0.05, 0) is 68.9 Å². The normalized spacial score (nSPS) is 11.2. The predicted octanol–water partition coefficient (Wildman–Crippen LogP) is 9.02. The summed E-state index contributed by atoms with van der Waals surface area (Å²) in [6.07, 6.45) is 7.72. The Balaban J connectivity index is 0.000000262. The van der Waals surface area contributed by atoms with Crippen LogP contribution in [0.5, 0.6) is 0 Å². The van der Waals surface area contributed by atoms with Gasteiger partial charge in [0.15, 0.2) is 0 Å². The summed E-state index contributed by atoms with van der Waals surface area (Å²) < 4.78 is 0. The predicted molar refractivity (Wildman–Crippen MR) is 184 cm³/mol. The number of hydrogen-bond donors (Lipinski definition) is 0. The average molecular weight is 800 g/mol. The molecular formula is C32H42Br2N4RuSi2. The molecule has 4 rings (SSSR count). The maximum absolute atomic E-state index is 4.60. The molecule has 0 unspecified atom stereocenters. The van der Waals surface area contributed by atoms with Crippen LogP contribution in [-0.2, 0) is 13.2 Å². The minimum absolute atomic E-state index is 0.335. The Morgan fingerprint density at radius 3 is 1.02 bits per heavy atom. The molecule has 0 bridgehead atoms. The summed E-state index contributed by atoms with van der Waals surface area (Å²) >= 11 is 6.64. The van der Waals surface area contributed by atoms with Gasteiger partial charge in [-0.25, -0.2) is 0 Å². The molecular weight excluding hydrogens is 757 g/mol. The third kappa shape index (κ3) is 11.7. The summed E-state index contributed by atoms with van der Waals surface area (Å²) in [7, 11) is -1.07. The maximum atomic E-state index is 4.60. The summed E-state index contributed by atoms with van der Waals surface area (Å²) in [4.78, 5) is 17.9. The van der Waals surface area contributed by atoms with Gasteiger partial charge in [0.2, 0.25) is 0 Å². The standard InChI is InChI=1S/2C16H21N2Si.2BrH.Ru/c2*1-12(2)19(13(3)4)14-8-9-16(18-11-14)15-7-5-6-10-17-15;;;/h2*5-13H,1-4H3;2*1H;/q;;;;+2/p-2. The van der Waals surface area contributed by atoms with Crippen LogP contribution in [0, 0.1) is 0 Å². The van der Waals surface area contributed by atoms with Gasteiger partial charge in [0, 0.05) is 24.8 Å². The second-order valence-corrected chi connectivity index (χ2v) is 26.5. The Bertz CT molecular complexity index is 1130. The van der Waals surface area contributed by atoms with Crippen LogP contribution >= 0.6 is 27.2 Å². The van der Waals surface area contributed by atoms with E-state index in [1.54, 1.807) is 0 Å². The van der Waals surface area contributed by atoms with Gasteiger partial charge in [0.25, 0.3) is 0 Å². The van der Waals surface area contributed by atoms with Crippen LogP contribution in [-0.4, -0.2) is 37.5 Å². The molecule has 41 heavy (non-hydrogen) atoms. The summed E-state index contributed by atoms with van der Waals surface area (Å²) in [5, 5.41) is 2.85. The number of nitrogens with zero attached hydrogens (tertiary/aromatic N) is 4. The molecule has 0 amide bonds. The third-order valence-electron chi connectivity index (χ3n) is 6.54. The van der Waals surface area contributed by atoms with Crippen LogP contribution < -0.4 is 10.4 Å². The van der Waals surface area contributed by atoms with Crippen LogP contribution in [0.3, 0.4) is 0 Å². The number of rotatable bonds is 8. The van der Waals surface area contributed by atoms with Gasteiger partial charge in [0.1, 0.15) is 0 Å². The van der Waals surface area contributed by atoms with Crippen LogP contribution in [0.15, 0.2) is 85.5 Å². The molecule has 220 valence electrons. The summed E-state index contributed by atoms with van der Waals surface area (Å²) in [6.45, 7) is 18.6. The molecule has 0 saturated carbocycles. The first-order chi connectivity index (χ1) is 19.6. The van der Waals surface area contributed by atoms with Crippen molar-refractivity contribution in [3.8, 4) is 22.8 Å². The number of halogens is 2. The molecule has 4 nitrogen and oxygen atoms in total. The van der Waals surface area contributed by atoms with E-state index in [-0.39, 0.29) is 0 Å². The molecule has 0 fully saturated rings. The summed E-state index contributed by atoms with van der Waals surface area (Å²) in [5.41, 5.74) is 6.71. The van der Waals surface area contributed by atoms with Crippen LogP contribution in [0.1, 0.15) is 55.4 Å². The fourth-order valence-electron chi connectivity index (χ4n) is 5.13. The van der Waals surface area contributed by atoms with Crippen molar-refractivity contribution in [2.24, 2.45) is 0 Å². The molecule has 0 aliphatic rings. The van der Waals surface area contributed by atoms with E-state index in [2.05, 4.69) is 139 Å². The first kappa shape index (κ1) is 35.8. The SMILES string of the molecule is CC(C)[Si](c1ccc(-c2ccccn2)nc1)C(C)C.CC(C)[Si](c1ccc(-c2ccccn2)nc1)C(C)C.[Br][Ru][Br]. The average Bonchev–Trinajstić information content (AvgIpc) is 2.95. The van der Waals surface area contributed by atoms with Gasteiger partial charge >= 0.3 is 40.5 Å². The second kappa shape index (κ2) is 19.0. The molecule has 0 N–H and O–H groups in total. The first-order valence-corrected chi connectivity index (χ1v) is 25.2. The molecule has 0 aromatic carbocycles. The molecule has 0 aliphatic carbocycles. The summed E-state index contributed by atoms with van der Waals surface area (Å²) in [5.74, 6) is 0. The van der Waals surface area contributed by atoms with Crippen molar-refractivity contribution >= 4 is 55.2 Å². The monoisotopic (exact) mass is 798 g/mol. The zero-order valence-corrected chi connectivity index (χ0v) is 32.2. The van der Waals surface area contributed by atoms with E-state index in [0.717, 1.165) is 44.9 Å². The molecule has 2 radical (unpaired) electrons. The van der Waals surface area contributed by atoms with Crippen molar-refractivity contribution in [1.82, 2.24) is 19.9 Å². The van der Waals surface area contributed by atoms with Gasteiger partial charge < -0.3 is 0 Å². The summed E-state index contributed by atoms with van der Waals surface area (Å²) in [6, 6.07) is 20.5. The molecule has 4 aromatic heterocycles.